The van der Waals surface area contributed by atoms with E-state index in [0.29, 0.717) is 24.8 Å². The molecule has 0 bridgehead atoms. The zero-order chi connectivity index (χ0) is 15.7. The quantitative estimate of drug-likeness (QED) is 0.720. The van der Waals surface area contributed by atoms with Gasteiger partial charge >= 0.3 is 5.91 Å². The second kappa shape index (κ2) is 3.76. The summed E-state index contributed by atoms with van der Waals surface area (Å²) in [4.78, 5) is 2.98. The van der Waals surface area contributed by atoms with Crippen LogP contribution in [0.4, 0.5) is 0 Å². The highest BCUT2D eigenvalue weighted by Crippen LogP contribution is 2.84. The molecule has 2 fully saturated rings. The Labute approximate surface area is 124 Å². The average Bonchev–Trinajstić information content (AvgIpc) is 2.62. The highest BCUT2D eigenvalue weighted by Gasteiger charge is 3.02. The molecule has 3 aliphatic rings. The Morgan fingerprint density at radius 1 is 1.43 bits per heavy atom. The van der Waals surface area contributed by atoms with Gasteiger partial charge in [-0.1, -0.05) is 20.8 Å². The van der Waals surface area contributed by atoms with E-state index in [1.807, 2.05) is 13.8 Å². The predicted octanol–water partition coefficient (Wildman–Crippen LogP) is -0.387. The van der Waals surface area contributed by atoms with Gasteiger partial charge in [-0.2, -0.15) is 10.5 Å². The minimum Gasteiger partial charge on any atom is -0.311 e. The molecule has 0 aromatic heterocycles. The van der Waals surface area contributed by atoms with E-state index in [1.54, 1.807) is 0 Å². The standard InChI is InChI=1S/C15H20N4O2/c1-9(2)5-12(4)13(7-16)11(18)19-15(14(12,13)8-17)20-6-10(3)21-15/h9-10H,5-6H2,1-4H3,(H2,18,19)/p+1/t10-,12-,13-,14+,15+/m0/s1. The van der Waals surface area contributed by atoms with Crippen molar-refractivity contribution in [3.8, 4) is 12.1 Å². The smallest absolute Gasteiger partial charge is 0.311 e. The van der Waals surface area contributed by atoms with E-state index in [9.17, 15) is 10.5 Å². The summed E-state index contributed by atoms with van der Waals surface area (Å²) in [5.41, 5.74) is 3.39. The van der Waals surface area contributed by atoms with E-state index in [4.69, 9.17) is 15.2 Å². The molecule has 3 rings (SSSR count). The summed E-state index contributed by atoms with van der Waals surface area (Å²) < 4.78 is 11.8. The van der Waals surface area contributed by atoms with Crippen molar-refractivity contribution in [2.24, 2.45) is 27.9 Å². The lowest BCUT2D eigenvalue weighted by molar-refractivity contribution is -0.680. The summed E-state index contributed by atoms with van der Waals surface area (Å²) in [5.74, 6) is -0.673. The molecule has 2 aliphatic heterocycles. The lowest BCUT2D eigenvalue weighted by Gasteiger charge is -2.28. The fourth-order valence-corrected chi connectivity index (χ4v) is 4.78. The fourth-order valence-electron chi connectivity index (χ4n) is 4.78. The van der Waals surface area contributed by atoms with Crippen LogP contribution in [0.25, 0.3) is 0 Å². The number of ether oxygens (including phenoxy) is 2. The van der Waals surface area contributed by atoms with Gasteiger partial charge in [0.25, 0.3) is 5.84 Å². The zero-order valence-electron chi connectivity index (χ0n) is 12.9. The zero-order valence-corrected chi connectivity index (χ0v) is 12.9. The number of amidine groups is 1. The van der Waals surface area contributed by atoms with Gasteiger partial charge < -0.3 is 9.47 Å². The third-order valence-corrected chi connectivity index (χ3v) is 5.39. The Kier molecular flexibility index (Phi) is 2.57. The van der Waals surface area contributed by atoms with Crippen molar-refractivity contribution >= 4 is 5.84 Å². The van der Waals surface area contributed by atoms with Gasteiger partial charge in [0.15, 0.2) is 10.8 Å². The van der Waals surface area contributed by atoms with Crippen molar-refractivity contribution in [3.63, 3.8) is 0 Å². The largest absolute Gasteiger partial charge is 0.343 e. The highest BCUT2D eigenvalue weighted by atomic mass is 16.8. The number of nitriles is 2. The second-order valence-electron chi connectivity index (χ2n) is 7.05. The molecule has 0 radical (unpaired) electrons. The van der Waals surface area contributed by atoms with Crippen LogP contribution in [-0.4, -0.2) is 24.5 Å². The molecule has 112 valence electrons. The second-order valence-corrected chi connectivity index (χ2v) is 7.05. The third-order valence-electron chi connectivity index (χ3n) is 5.39. The van der Waals surface area contributed by atoms with Gasteiger partial charge in [0, 0.05) is 5.41 Å². The normalized spacial score (nSPS) is 50.6. The Bertz CT molecular complexity index is 618. The van der Waals surface area contributed by atoms with Gasteiger partial charge in [-0.3, -0.25) is 5.73 Å². The number of fused-ring (bicyclic) bond motifs is 2. The van der Waals surface area contributed by atoms with Gasteiger partial charge in [0.05, 0.1) is 24.8 Å². The highest BCUT2D eigenvalue weighted by molar-refractivity contribution is 5.94. The van der Waals surface area contributed by atoms with E-state index >= 15 is 0 Å². The summed E-state index contributed by atoms with van der Waals surface area (Å²) in [6, 6.07) is 4.66. The molecule has 1 saturated heterocycles. The van der Waals surface area contributed by atoms with E-state index in [-0.39, 0.29) is 6.10 Å². The van der Waals surface area contributed by atoms with Gasteiger partial charge in [-0.15, -0.1) is 0 Å². The number of nitrogens with one attached hydrogen (secondary N) is 1. The van der Waals surface area contributed by atoms with Crippen molar-refractivity contribution in [2.75, 3.05) is 6.61 Å². The molecule has 6 nitrogen and oxygen atoms in total. The lowest BCUT2D eigenvalue weighted by Crippen LogP contribution is -2.90. The van der Waals surface area contributed by atoms with Crippen molar-refractivity contribution in [3.05, 3.63) is 0 Å². The SMILES string of the molecule is CC(C)C[C@@]1(C)[C@]2(C#N)C(N)=[NH+][C@@]3(OC[C@H](C)O3)[C@]12C#N. The third kappa shape index (κ3) is 1.15. The first-order valence-corrected chi connectivity index (χ1v) is 7.32. The molecule has 0 aromatic carbocycles. The maximum absolute atomic E-state index is 9.97. The van der Waals surface area contributed by atoms with Crippen molar-refractivity contribution in [2.45, 2.75) is 46.1 Å². The van der Waals surface area contributed by atoms with E-state index in [1.165, 1.54) is 0 Å². The van der Waals surface area contributed by atoms with Gasteiger partial charge in [0.1, 0.15) is 0 Å². The van der Waals surface area contributed by atoms with Gasteiger partial charge in [0.2, 0.25) is 0 Å². The summed E-state index contributed by atoms with van der Waals surface area (Å²) in [6.07, 6.45) is 0.563. The molecular formula is C15H21N4O2+. The predicted molar refractivity (Wildman–Crippen MR) is 73.0 cm³/mol. The Morgan fingerprint density at radius 3 is 2.52 bits per heavy atom. The number of hydrogen-bond acceptors (Lipinski definition) is 5. The Hall–Kier alpha value is -1.63. The summed E-state index contributed by atoms with van der Waals surface area (Å²) in [5, 5.41) is 19.8. The first-order chi connectivity index (χ1) is 9.77. The van der Waals surface area contributed by atoms with Gasteiger partial charge in [-0.05, 0) is 19.3 Å². The van der Waals surface area contributed by atoms with Crippen LogP contribution in [0.15, 0.2) is 0 Å². The van der Waals surface area contributed by atoms with Crippen LogP contribution in [0, 0.1) is 44.8 Å². The minimum absolute atomic E-state index is 0.145. The van der Waals surface area contributed by atoms with Crippen LogP contribution in [-0.2, 0) is 9.47 Å². The summed E-state index contributed by atoms with van der Waals surface area (Å²) in [7, 11) is 0. The van der Waals surface area contributed by atoms with E-state index in [0.717, 1.165) is 0 Å². The monoisotopic (exact) mass is 289 g/mol. The molecule has 1 spiro atoms. The maximum Gasteiger partial charge on any atom is 0.343 e. The Balaban J connectivity index is 2.20. The molecule has 6 heteroatoms. The number of nitrogens with zero attached hydrogens (tertiary/aromatic N) is 2. The molecule has 1 aliphatic carbocycles. The number of hydrogen-bond donors (Lipinski definition) is 2. The number of rotatable bonds is 2. The van der Waals surface area contributed by atoms with E-state index in [2.05, 4.69) is 31.0 Å². The molecule has 0 aromatic rings. The van der Waals surface area contributed by atoms with Crippen LogP contribution in [0.5, 0.6) is 0 Å². The van der Waals surface area contributed by atoms with Crippen LogP contribution >= 0.6 is 0 Å². The molecular weight excluding hydrogens is 268 g/mol. The maximum atomic E-state index is 9.97. The van der Waals surface area contributed by atoms with Crippen LogP contribution < -0.4 is 10.7 Å². The van der Waals surface area contributed by atoms with Crippen molar-refractivity contribution in [1.29, 1.82) is 10.5 Å². The summed E-state index contributed by atoms with van der Waals surface area (Å²) in [6.45, 7) is 8.36. The Morgan fingerprint density at radius 2 is 2.10 bits per heavy atom. The molecule has 1 saturated carbocycles. The molecule has 0 amide bonds. The fraction of sp³-hybridized carbons (Fsp3) is 0.800. The van der Waals surface area contributed by atoms with Crippen molar-refractivity contribution < 1.29 is 14.5 Å². The van der Waals surface area contributed by atoms with Crippen molar-refractivity contribution in [1.82, 2.24) is 0 Å². The average molecular weight is 289 g/mol. The molecule has 0 unspecified atom stereocenters. The lowest BCUT2D eigenvalue weighted by atomic mass is 9.84. The van der Waals surface area contributed by atoms with Crippen LogP contribution in [0.3, 0.4) is 0 Å². The molecule has 2 heterocycles. The summed E-state index contributed by atoms with van der Waals surface area (Å²) >= 11 is 0. The minimum atomic E-state index is -1.30. The van der Waals surface area contributed by atoms with Crippen LogP contribution in [0.1, 0.15) is 34.1 Å². The van der Waals surface area contributed by atoms with E-state index < -0.39 is 22.2 Å². The van der Waals surface area contributed by atoms with Gasteiger partial charge in [-0.25, -0.2) is 4.99 Å². The topological polar surface area (TPSA) is 106 Å². The molecule has 5 atom stereocenters. The first kappa shape index (κ1) is 14.3. The van der Waals surface area contributed by atoms with Crippen LogP contribution in [0.2, 0.25) is 0 Å². The number of nitrogens with two attached hydrogens (primary N) is 1. The first-order valence-electron chi connectivity index (χ1n) is 7.32. The molecule has 3 N–H and O–H groups in total. The molecule has 21 heavy (non-hydrogen) atoms.